The Morgan fingerprint density at radius 3 is 2.44 bits per heavy atom. The summed E-state index contributed by atoms with van der Waals surface area (Å²) < 4.78 is 1.90. The number of aryl methyl sites for hydroxylation is 1. The molecule has 3 aromatic rings. The highest BCUT2D eigenvalue weighted by Crippen LogP contribution is 2.21. The lowest BCUT2D eigenvalue weighted by molar-refractivity contribution is -0.119. The summed E-state index contributed by atoms with van der Waals surface area (Å²) in [6.07, 6.45) is 7.16. The molecule has 25 heavy (non-hydrogen) atoms. The van der Waals surface area contributed by atoms with Gasteiger partial charge in [-0.05, 0) is 35.7 Å². The monoisotopic (exact) mass is 352 g/mol. The SMILES string of the molecule is C[C@@H](NC(=O)CSc1nccn1C)c1ccc(-c2ccncc2)cc1. The largest absolute Gasteiger partial charge is 0.349 e. The third-order valence-electron chi connectivity index (χ3n) is 3.91. The number of aromatic nitrogens is 3. The van der Waals surface area contributed by atoms with E-state index in [1.165, 1.54) is 11.8 Å². The average Bonchev–Trinajstić information content (AvgIpc) is 3.06. The molecule has 5 nitrogen and oxygen atoms in total. The van der Waals surface area contributed by atoms with Crippen LogP contribution in [0, 0.1) is 0 Å². The summed E-state index contributed by atoms with van der Waals surface area (Å²) in [5.74, 6) is 0.350. The van der Waals surface area contributed by atoms with Gasteiger partial charge in [0.2, 0.25) is 5.91 Å². The fraction of sp³-hybridized carbons (Fsp3) is 0.211. The Kier molecular flexibility index (Phi) is 5.50. The number of thioether (sulfide) groups is 1. The normalized spacial score (nSPS) is 11.9. The molecule has 3 rings (SSSR count). The standard InChI is InChI=1S/C19H20N4OS/c1-14(22-18(24)13-25-19-21-11-12-23(19)2)15-3-5-16(6-4-15)17-7-9-20-10-8-17/h3-12,14H,13H2,1-2H3,(H,22,24)/t14-/m1/s1. The molecule has 0 fully saturated rings. The van der Waals surface area contributed by atoms with E-state index in [1.807, 2.05) is 49.0 Å². The molecule has 0 spiro atoms. The number of hydrogen-bond acceptors (Lipinski definition) is 4. The van der Waals surface area contributed by atoms with Gasteiger partial charge in [0.05, 0.1) is 11.8 Å². The van der Waals surface area contributed by atoms with Crippen LogP contribution in [0.4, 0.5) is 0 Å². The van der Waals surface area contributed by atoms with Crippen LogP contribution in [0.15, 0.2) is 66.3 Å². The van der Waals surface area contributed by atoms with Crippen molar-refractivity contribution in [2.24, 2.45) is 7.05 Å². The maximum atomic E-state index is 12.1. The van der Waals surface area contributed by atoms with E-state index in [0.29, 0.717) is 5.75 Å². The van der Waals surface area contributed by atoms with E-state index in [4.69, 9.17) is 0 Å². The second-order valence-electron chi connectivity index (χ2n) is 5.76. The van der Waals surface area contributed by atoms with Crippen LogP contribution in [0.3, 0.4) is 0 Å². The van der Waals surface area contributed by atoms with E-state index in [0.717, 1.165) is 21.8 Å². The van der Waals surface area contributed by atoms with Crippen molar-refractivity contribution in [2.45, 2.75) is 18.1 Å². The molecule has 1 amide bonds. The van der Waals surface area contributed by atoms with Crippen LogP contribution < -0.4 is 5.32 Å². The Hall–Kier alpha value is -2.60. The van der Waals surface area contributed by atoms with Crippen molar-refractivity contribution in [1.82, 2.24) is 19.9 Å². The molecule has 1 aromatic carbocycles. The van der Waals surface area contributed by atoms with Gasteiger partial charge in [-0.2, -0.15) is 0 Å². The Morgan fingerprint density at radius 2 is 1.80 bits per heavy atom. The zero-order valence-electron chi connectivity index (χ0n) is 14.2. The van der Waals surface area contributed by atoms with Crippen molar-refractivity contribution in [2.75, 3.05) is 5.75 Å². The lowest BCUT2D eigenvalue weighted by Gasteiger charge is -2.15. The van der Waals surface area contributed by atoms with Crippen LogP contribution in [0.25, 0.3) is 11.1 Å². The number of nitrogens with one attached hydrogen (secondary N) is 1. The molecule has 2 aromatic heterocycles. The van der Waals surface area contributed by atoms with Crippen molar-refractivity contribution in [3.63, 3.8) is 0 Å². The summed E-state index contributed by atoms with van der Waals surface area (Å²) >= 11 is 1.43. The van der Waals surface area contributed by atoms with Gasteiger partial charge in [-0.25, -0.2) is 4.98 Å². The number of amides is 1. The molecule has 1 atom stereocenters. The van der Waals surface area contributed by atoms with Gasteiger partial charge in [-0.15, -0.1) is 0 Å². The number of carbonyl (C=O) groups is 1. The van der Waals surface area contributed by atoms with E-state index in [-0.39, 0.29) is 11.9 Å². The number of pyridine rings is 1. The highest BCUT2D eigenvalue weighted by Gasteiger charge is 2.11. The average molecular weight is 352 g/mol. The van der Waals surface area contributed by atoms with E-state index in [9.17, 15) is 4.79 Å². The van der Waals surface area contributed by atoms with Gasteiger partial charge in [0.1, 0.15) is 0 Å². The quantitative estimate of drug-likeness (QED) is 0.690. The van der Waals surface area contributed by atoms with Crippen molar-refractivity contribution in [3.8, 4) is 11.1 Å². The summed E-state index contributed by atoms with van der Waals surface area (Å²) in [7, 11) is 1.92. The molecule has 128 valence electrons. The maximum Gasteiger partial charge on any atom is 0.230 e. The number of rotatable bonds is 6. The number of hydrogen-bond donors (Lipinski definition) is 1. The predicted molar refractivity (Wildman–Crippen MR) is 100 cm³/mol. The first kappa shape index (κ1) is 17.2. The molecule has 0 aliphatic carbocycles. The summed E-state index contributed by atoms with van der Waals surface area (Å²) in [6, 6.07) is 12.1. The van der Waals surface area contributed by atoms with Gasteiger partial charge in [0.25, 0.3) is 0 Å². The number of benzene rings is 1. The molecular formula is C19H20N4OS. The molecule has 1 N–H and O–H groups in total. The molecule has 0 unspecified atom stereocenters. The molecule has 0 aliphatic rings. The minimum Gasteiger partial charge on any atom is -0.349 e. The molecule has 0 aliphatic heterocycles. The van der Waals surface area contributed by atoms with Crippen LogP contribution in [-0.4, -0.2) is 26.2 Å². The first-order valence-corrected chi connectivity index (χ1v) is 9.02. The van der Waals surface area contributed by atoms with Crippen molar-refractivity contribution in [1.29, 1.82) is 0 Å². The van der Waals surface area contributed by atoms with Crippen LogP contribution in [0.5, 0.6) is 0 Å². The van der Waals surface area contributed by atoms with E-state index < -0.39 is 0 Å². The van der Waals surface area contributed by atoms with E-state index >= 15 is 0 Å². The second kappa shape index (κ2) is 7.98. The molecule has 0 radical (unpaired) electrons. The zero-order chi connectivity index (χ0) is 17.6. The van der Waals surface area contributed by atoms with Crippen molar-refractivity contribution in [3.05, 3.63) is 66.7 Å². The van der Waals surface area contributed by atoms with Gasteiger partial charge in [-0.3, -0.25) is 9.78 Å². The molecular weight excluding hydrogens is 332 g/mol. The van der Waals surface area contributed by atoms with Crippen LogP contribution in [-0.2, 0) is 11.8 Å². The third-order valence-corrected chi connectivity index (χ3v) is 4.97. The summed E-state index contributed by atoms with van der Waals surface area (Å²) in [5, 5.41) is 3.87. The topological polar surface area (TPSA) is 59.8 Å². The first-order valence-electron chi connectivity index (χ1n) is 8.03. The molecule has 0 saturated heterocycles. The lowest BCUT2D eigenvalue weighted by Crippen LogP contribution is -2.28. The number of nitrogens with zero attached hydrogens (tertiary/aromatic N) is 3. The van der Waals surface area contributed by atoms with Gasteiger partial charge >= 0.3 is 0 Å². The Bertz CT molecular complexity index is 830. The molecule has 0 saturated carbocycles. The Morgan fingerprint density at radius 1 is 1.12 bits per heavy atom. The van der Waals surface area contributed by atoms with E-state index in [1.54, 1.807) is 18.6 Å². The predicted octanol–water partition coefficient (Wildman–Crippen LogP) is 3.45. The fourth-order valence-electron chi connectivity index (χ4n) is 2.50. The smallest absolute Gasteiger partial charge is 0.230 e. The minimum atomic E-state index is -0.0408. The maximum absolute atomic E-state index is 12.1. The van der Waals surface area contributed by atoms with Crippen molar-refractivity contribution >= 4 is 17.7 Å². The van der Waals surface area contributed by atoms with Crippen molar-refractivity contribution < 1.29 is 4.79 Å². The fourth-order valence-corrected chi connectivity index (χ4v) is 3.24. The minimum absolute atomic E-state index is 0.00119. The van der Waals surface area contributed by atoms with Gasteiger partial charge < -0.3 is 9.88 Å². The molecule has 0 bridgehead atoms. The third kappa shape index (κ3) is 4.48. The highest BCUT2D eigenvalue weighted by molar-refractivity contribution is 7.99. The van der Waals surface area contributed by atoms with Crippen LogP contribution >= 0.6 is 11.8 Å². The molecule has 6 heteroatoms. The summed E-state index contributed by atoms with van der Waals surface area (Å²) in [5.41, 5.74) is 3.34. The summed E-state index contributed by atoms with van der Waals surface area (Å²) in [6.45, 7) is 1.99. The van der Waals surface area contributed by atoms with Gasteiger partial charge in [0, 0.05) is 31.8 Å². The van der Waals surface area contributed by atoms with Crippen LogP contribution in [0.2, 0.25) is 0 Å². The number of imidazole rings is 1. The Balaban J connectivity index is 1.56. The number of carbonyl (C=O) groups excluding carboxylic acids is 1. The first-order chi connectivity index (χ1) is 12.1. The van der Waals surface area contributed by atoms with E-state index in [2.05, 4.69) is 27.4 Å². The lowest BCUT2D eigenvalue weighted by atomic mass is 10.0. The molecule has 2 heterocycles. The van der Waals surface area contributed by atoms with Gasteiger partial charge in [-0.1, -0.05) is 36.0 Å². The van der Waals surface area contributed by atoms with Gasteiger partial charge in [0.15, 0.2) is 5.16 Å². The zero-order valence-corrected chi connectivity index (χ0v) is 15.0. The highest BCUT2D eigenvalue weighted by atomic mass is 32.2. The summed E-state index contributed by atoms with van der Waals surface area (Å²) in [4.78, 5) is 20.4. The Labute approximate surface area is 151 Å². The second-order valence-corrected chi connectivity index (χ2v) is 6.70. The van der Waals surface area contributed by atoms with Crippen LogP contribution in [0.1, 0.15) is 18.5 Å².